The molecule has 0 aromatic heterocycles. The van der Waals surface area contributed by atoms with Gasteiger partial charge in [-0.25, -0.2) is 0 Å². The Balaban J connectivity index is -0.000000221. The molecule has 0 bridgehead atoms. The van der Waals surface area contributed by atoms with E-state index in [2.05, 4.69) is 0 Å². The van der Waals surface area contributed by atoms with Crippen LogP contribution in [0.4, 0.5) is 0 Å². The number of aliphatic hydroxyl groups is 4. The summed E-state index contributed by atoms with van der Waals surface area (Å²) in [5.74, 6) is 0. The summed E-state index contributed by atoms with van der Waals surface area (Å²) in [5, 5.41) is 31.6. The fourth-order valence-corrected chi connectivity index (χ4v) is 1.81. The molecule has 1 aliphatic carbocycles. The molecular weight excluding hydrogens is 244 g/mol. The van der Waals surface area contributed by atoms with Gasteiger partial charge in [0.2, 0.25) is 0 Å². The third-order valence-corrected chi connectivity index (χ3v) is 3.67. The minimum Gasteiger partial charge on any atom is -0.400 e. The van der Waals surface area contributed by atoms with Crippen molar-refractivity contribution in [2.75, 3.05) is 27.4 Å². The number of rotatable bonds is 4. The summed E-state index contributed by atoms with van der Waals surface area (Å²) in [6, 6.07) is 0. The third kappa shape index (κ3) is 14.1. The summed E-state index contributed by atoms with van der Waals surface area (Å²) in [7, 11) is 2.00. The topological polar surface area (TPSA) is 80.9 Å². The van der Waals surface area contributed by atoms with E-state index in [0.29, 0.717) is 0 Å². The summed E-state index contributed by atoms with van der Waals surface area (Å²) < 4.78 is 0. The van der Waals surface area contributed by atoms with Crippen molar-refractivity contribution in [3.63, 3.8) is 0 Å². The highest BCUT2D eigenvalue weighted by atomic mass is 16.3. The van der Waals surface area contributed by atoms with Crippen molar-refractivity contribution in [1.82, 2.24) is 0 Å². The maximum atomic E-state index is 8.82. The molecular formula is C15H36O4. The van der Waals surface area contributed by atoms with Crippen LogP contribution in [0.15, 0.2) is 0 Å². The van der Waals surface area contributed by atoms with Crippen molar-refractivity contribution in [3.05, 3.63) is 0 Å². The lowest BCUT2D eigenvalue weighted by molar-refractivity contribution is 0.0480. The zero-order valence-corrected chi connectivity index (χ0v) is 13.4. The molecule has 1 rings (SSSR count). The molecule has 0 unspecified atom stereocenters. The molecule has 0 radical (unpaired) electrons. The van der Waals surface area contributed by atoms with Crippen molar-refractivity contribution >= 4 is 0 Å². The van der Waals surface area contributed by atoms with Crippen molar-refractivity contribution < 1.29 is 20.4 Å². The van der Waals surface area contributed by atoms with Gasteiger partial charge in [0.25, 0.3) is 0 Å². The first-order chi connectivity index (χ1) is 9.24. The Morgan fingerprint density at radius 1 is 0.632 bits per heavy atom. The van der Waals surface area contributed by atoms with Crippen LogP contribution in [0.25, 0.3) is 0 Å². The molecule has 1 aliphatic rings. The van der Waals surface area contributed by atoms with Crippen LogP contribution in [0.1, 0.15) is 65.2 Å². The van der Waals surface area contributed by atoms with E-state index in [0.717, 1.165) is 27.1 Å². The molecule has 0 atom stereocenters. The van der Waals surface area contributed by atoms with Gasteiger partial charge in [-0.2, -0.15) is 0 Å². The molecule has 0 aliphatic heterocycles. The molecule has 4 heteroatoms. The van der Waals surface area contributed by atoms with E-state index >= 15 is 0 Å². The SMILES string of the molecule is C1CCCCC1.CCC(CC)(CO)CO.CO.CO. The zero-order valence-electron chi connectivity index (χ0n) is 13.4. The van der Waals surface area contributed by atoms with Crippen molar-refractivity contribution in [3.8, 4) is 0 Å². The predicted molar refractivity (Wildman–Crippen MR) is 81.2 cm³/mol. The molecule has 120 valence electrons. The average Bonchev–Trinajstić information content (AvgIpc) is 2.56. The van der Waals surface area contributed by atoms with Crippen LogP contribution < -0.4 is 0 Å². The number of aliphatic hydroxyl groups excluding tert-OH is 4. The molecule has 0 saturated heterocycles. The molecule has 0 aromatic rings. The van der Waals surface area contributed by atoms with E-state index in [4.69, 9.17) is 20.4 Å². The molecule has 4 nitrogen and oxygen atoms in total. The fourth-order valence-electron chi connectivity index (χ4n) is 1.81. The van der Waals surface area contributed by atoms with E-state index in [9.17, 15) is 0 Å². The predicted octanol–water partition coefficient (Wildman–Crippen LogP) is 2.34. The number of hydrogen-bond acceptors (Lipinski definition) is 4. The van der Waals surface area contributed by atoms with E-state index in [-0.39, 0.29) is 18.6 Å². The van der Waals surface area contributed by atoms with Gasteiger partial charge in [0.15, 0.2) is 0 Å². The van der Waals surface area contributed by atoms with Gasteiger partial charge in [-0.15, -0.1) is 0 Å². The van der Waals surface area contributed by atoms with Gasteiger partial charge < -0.3 is 20.4 Å². The quantitative estimate of drug-likeness (QED) is 0.637. The molecule has 0 amide bonds. The van der Waals surface area contributed by atoms with Crippen molar-refractivity contribution in [2.24, 2.45) is 5.41 Å². The van der Waals surface area contributed by atoms with Crippen LogP contribution in [0.5, 0.6) is 0 Å². The van der Waals surface area contributed by atoms with Gasteiger partial charge in [-0.05, 0) is 12.8 Å². The van der Waals surface area contributed by atoms with Gasteiger partial charge in [0.05, 0.1) is 13.2 Å². The maximum absolute atomic E-state index is 8.82. The van der Waals surface area contributed by atoms with Crippen molar-refractivity contribution in [2.45, 2.75) is 65.2 Å². The minimum atomic E-state index is -0.222. The Hall–Kier alpha value is -0.160. The lowest BCUT2D eigenvalue weighted by Crippen LogP contribution is -2.27. The Bertz CT molecular complexity index is 103. The second-order valence-electron chi connectivity index (χ2n) is 4.64. The molecule has 0 aromatic carbocycles. The van der Waals surface area contributed by atoms with E-state index in [1.807, 2.05) is 13.8 Å². The molecule has 0 heterocycles. The van der Waals surface area contributed by atoms with Crippen LogP contribution in [0, 0.1) is 5.41 Å². The van der Waals surface area contributed by atoms with Crippen LogP contribution >= 0.6 is 0 Å². The van der Waals surface area contributed by atoms with Gasteiger partial charge in [-0.3, -0.25) is 0 Å². The summed E-state index contributed by atoms with van der Waals surface area (Å²) in [6.07, 6.45) is 10.7. The molecule has 19 heavy (non-hydrogen) atoms. The van der Waals surface area contributed by atoms with Crippen LogP contribution in [0.3, 0.4) is 0 Å². The maximum Gasteiger partial charge on any atom is 0.0509 e. The van der Waals surface area contributed by atoms with Gasteiger partial charge >= 0.3 is 0 Å². The van der Waals surface area contributed by atoms with E-state index in [1.165, 1.54) is 38.5 Å². The Morgan fingerprint density at radius 2 is 0.842 bits per heavy atom. The summed E-state index contributed by atoms with van der Waals surface area (Å²) >= 11 is 0. The average molecular weight is 280 g/mol. The monoisotopic (exact) mass is 280 g/mol. The van der Waals surface area contributed by atoms with Crippen LogP contribution in [-0.4, -0.2) is 47.9 Å². The van der Waals surface area contributed by atoms with Gasteiger partial charge in [0.1, 0.15) is 0 Å². The van der Waals surface area contributed by atoms with E-state index in [1.54, 1.807) is 0 Å². The lowest BCUT2D eigenvalue weighted by atomic mass is 9.84. The lowest BCUT2D eigenvalue weighted by Gasteiger charge is -2.25. The second-order valence-corrected chi connectivity index (χ2v) is 4.64. The second kappa shape index (κ2) is 20.2. The first-order valence-corrected chi connectivity index (χ1v) is 7.36. The first kappa shape index (κ1) is 23.9. The van der Waals surface area contributed by atoms with Gasteiger partial charge in [-0.1, -0.05) is 52.4 Å². The molecule has 1 fully saturated rings. The molecule has 1 saturated carbocycles. The smallest absolute Gasteiger partial charge is 0.0509 e. The normalized spacial score (nSPS) is 13.9. The molecule has 4 N–H and O–H groups in total. The summed E-state index contributed by atoms with van der Waals surface area (Å²) in [4.78, 5) is 0. The highest BCUT2D eigenvalue weighted by molar-refractivity contribution is 4.73. The Morgan fingerprint density at radius 3 is 0.895 bits per heavy atom. The standard InChI is InChI=1S/C7H16O2.C6H12.2CH4O/c1-3-7(4-2,5-8)6-9;1-2-4-6-5-3-1;2*1-2/h8-9H,3-6H2,1-2H3;1-6H2;2*2H,1H3. The minimum absolute atomic E-state index is 0.0938. The zero-order chi connectivity index (χ0) is 15.6. The van der Waals surface area contributed by atoms with Crippen LogP contribution in [0.2, 0.25) is 0 Å². The number of hydrogen-bond donors (Lipinski definition) is 4. The largest absolute Gasteiger partial charge is 0.400 e. The molecule has 0 spiro atoms. The highest BCUT2D eigenvalue weighted by Crippen LogP contribution is 2.23. The fraction of sp³-hybridized carbons (Fsp3) is 1.00. The van der Waals surface area contributed by atoms with Crippen LogP contribution in [-0.2, 0) is 0 Å². The first-order valence-electron chi connectivity index (χ1n) is 7.36. The highest BCUT2D eigenvalue weighted by Gasteiger charge is 2.23. The Labute approximate surface area is 119 Å². The van der Waals surface area contributed by atoms with Crippen molar-refractivity contribution in [1.29, 1.82) is 0 Å². The van der Waals surface area contributed by atoms with E-state index < -0.39 is 0 Å². The summed E-state index contributed by atoms with van der Waals surface area (Å²) in [6.45, 7) is 4.15. The van der Waals surface area contributed by atoms with Gasteiger partial charge in [0, 0.05) is 19.6 Å². The Kier molecular flexibility index (Phi) is 25.4. The third-order valence-electron chi connectivity index (χ3n) is 3.67. The summed E-state index contributed by atoms with van der Waals surface area (Å²) in [5.41, 5.74) is -0.222.